The van der Waals surface area contributed by atoms with Gasteiger partial charge >= 0.3 is 0 Å². The second-order valence-corrected chi connectivity index (χ2v) is 5.84. The highest BCUT2D eigenvalue weighted by Crippen LogP contribution is 2.16. The van der Waals surface area contributed by atoms with Crippen LogP contribution in [0.25, 0.3) is 0 Å². The summed E-state index contributed by atoms with van der Waals surface area (Å²) in [4.78, 5) is 24.3. The number of hydrogen-bond donors (Lipinski definition) is 0. The number of benzene rings is 1. The van der Waals surface area contributed by atoms with Crippen LogP contribution in [0, 0.1) is 0 Å². The summed E-state index contributed by atoms with van der Waals surface area (Å²) in [6.07, 6.45) is 1.31. The van der Waals surface area contributed by atoms with Crippen molar-refractivity contribution in [1.82, 2.24) is 0 Å². The van der Waals surface area contributed by atoms with Crippen LogP contribution in [0.3, 0.4) is 0 Å². The predicted octanol–water partition coefficient (Wildman–Crippen LogP) is 2.36. The molecule has 6 nitrogen and oxygen atoms in total. The van der Waals surface area contributed by atoms with Crippen LogP contribution in [-0.2, 0) is 18.9 Å². The lowest BCUT2D eigenvalue weighted by Gasteiger charge is -2.09. The van der Waals surface area contributed by atoms with Crippen LogP contribution in [0.15, 0.2) is 24.3 Å². The molecule has 2 aliphatic rings. The molecule has 130 valence electrons. The standard InChI is InChI=1S/C18H22O6/c19-15(5-7-17-21-9-10-22-17)13-1-2-14(4-3-13)16(20)6-8-18-23-11-12-24-18/h1-4,17-18H,5-12H2. The van der Waals surface area contributed by atoms with Gasteiger partial charge in [0.1, 0.15) is 0 Å². The molecule has 0 aromatic heterocycles. The van der Waals surface area contributed by atoms with Crippen LogP contribution in [0.2, 0.25) is 0 Å². The number of Topliss-reactive ketones (excluding diaryl/α,β-unsaturated/α-hetero) is 2. The number of ketones is 2. The fourth-order valence-electron chi connectivity index (χ4n) is 2.78. The molecule has 1 aromatic rings. The Hall–Kier alpha value is -1.60. The van der Waals surface area contributed by atoms with E-state index >= 15 is 0 Å². The Morgan fingerprint density at radius 2 is 1.04 bits per heavy atom. The van der Waals surface area contributed by atoms with Crippen molar-refractivity contribution in [1.29, 1.82) is 0 Å². The molecule has 3 rings (SSSR count). The number of ether oxygens (including phenoxy) is 4. The molecule has 2 saturated heterocycles. The molecule has 2 heterocycles. The van der Waals surface area contributed by atoms with Crippen LogP contribution < -0.4 is 0 Å². The largest absolute Gasteiger partial charge is 0.350 e. The van der Waals surface area contributed by atoms with Crippen molar-refractivity contribution in [2.75, 3.05) is 26.4 Å². The highest BCUT2D eigenvalue weighted by molar-refractivity contribution is 5.99. The third-order valence-electron chi connectivity index (χ3n) is 4.12. The third-order valence-corrected chi connectivity index (χ3v) is 4.12. The van der Waals surface area contributed by atoms with Crippen molar-refractivity contribution in [2.45, 2.75) is 38.3 Å². The van der Waals surface area contributed by atoms with Gasteiger partial charge in [0.15, 0.2) is 24.1 Å². The van der Waals surface area contributed by atoms with E-state index in [-0.39, 0.29) is 24.1 Å². The second kappa shape index (κ2) is 8.48. The molecular weight excluding hydrogens is 312 g/mol. The third kappa shape index (κ3) is 4.70. The summed E-state index contributed by atoms with van der Waals surface area (Å²) in [5, 5.41) is 0. The molecule has 0 amide bonds. The quantitative estimate of drug-likeness (QED) is 0.680. The zero-order chi connectivity index (χ0) is 16.8. The summed E-state index contributed by atoms with van der Waals surface area (Å²) < 4.78 is 21.3. The molecule has 0 atom stereocenters. The molecule has 1 aromatic carbocycles. The molecule has 0 spiro atoms. The highest BCUT2D eigenvalue weighted by Gasteiger charge is 2.19. The Morgan fingerprint density at radius 3 is 1.38 bits per heavy atom. The maximum Gasteiger partial charge on any atom is 0.163 e. The van der Waals surface area contributed by atoms with Gasteiger partial charge in [-0.25, -0.2) is 0 Å². The van der Waals surface area contributed by atoms with E-state index in [1.165, 1.54) is 0 Å². The van der Waals surface area contributed by atoms with Crippen molar-refractivity contribution in [3.63, 3.8) is 0 Å². The lowest BCUT2D eigenvalue weighted by molar-refractivity contribution is -0.0466. The van der Waals surface area contributed by atoms with E-state index < -0.39 is 0 Å². The average Bonchev–Trinajstić information content (AvgIpc) is 3.31. The maximum atomic E-state index is 12.2. The van der Waals surface area contributed by atoms with Crippen molar-refractivity contribution in [3.05, 3.63) is 35.4 Å². The molecule has 0 saturated carbocycles. The first-order valence-electron chi connectivity index (χ1n) is 8.35. The normalized spacial score (nSPS) is 19.0. The molecule has 2 fully saturated rings. The average molecular weight is 334 g/mol. The van der Waals surface area contributed by atoms with E-state index in [1.54, 1.807) is 24.3 Å². The van der Waals surface area contributed by atoms with Gasteiger partial charge in [-0.1, -0.05) is 24.3 Å². The van der Waals surface area contributed by atoms with Gasteiger partial charge in [-0.3, -0.25) is 9.59 Å². The van der Waals surface area contributed by atoms with Crippen LogP contribution in [0.1, 0.15) is 46.4 Å². The van der Waals surface area contributed by atoms with Gasteiger partial charge in [0.2, 0.25) is 0 Å². The van der Waals surface area contributed by atoms with E-state index in [0.29, 0.717) is 63.2 Å². The van der Waals surface area contributed by atoms with E-state index in [2.05, 4.69) is 0 Å². The number of hydrogen-bond acceptors (Lipinski definition) is 6. The first-order chi connectivity index (χ1) is 11.7. The number of rotatable bonds is 8. The van der Waals surface area contributed by atoms with Gasteiger partial charge < -0.3 is 18.9 Å². The predicted molar refractivity (Wildman–Crippen MR) is 85.0 cm³/mol. The van der Waals surface area contributed by atoms with Gasteiger partial charge in [-0.2, -0.15) is 0 Å². The van der Waals surface area contributed by atoms with Crippen LogP contribution >= 0.6 is 0 Å². The Morgan fingerprint density at radius 1 is 0.708 bits per heavy atom. The maximum absolute atomic E-state index is 12.2. The first kappa shape index (κ1) is 17.2. The Kier molecular flexibility index (Phi) is 6.09. The summed E-state index contributed by atoms with van der Waals surface area (Å²) in [5.41, 5.74) is 1.21. The summed E-state index contributed by atoms with van der Waals surface area (Å²) in [6.45, 7) is 2.36. The van der Waals surface area contributed by atoms with Crippen LogP contribution in [0.5, 0.6) is 0 Å². The van der Waals surface area contributed by atoms with Crippen LogP contribution in [-0.4, -0.2) is 50.6 Å². The highest BCUT2D eigenvalue weighted by atomic mass is 16.7. The van der Waals surface area contributed by atoms with Crippen molar-refractivity contribution in [2.24, 2.45) is 0 Å². The number of carbonyl (C=O) groups excluding carboxylic acids is 2. The molecule has 0 bridgehead atoms. The van der Waals surface area contributed by atoms with Gasteiger partial charge in [0, 0.05) is 36.8 Å². The molecule has 0 radical (unpaired) electrons. The molecule has 0 aliphatic carbocycles. The van der Waals surface area contributed by atoms with Crippen molar-refractivity contribution >= 4 is 11.6 Å². The van der Waals surface area contributed by atoms with Crippen molar-refractivity contribution in [3.8, 4) is 0 Å². The topological polar surface area (TPSA) is 71.1 Å². The Balaban J connectivity index is 1.46. The molecule has 2 aliphatic heterocycles. The summed E-state index contributed by atoms with van der Waals surface area (Å²) in [7, 11) is 0. The van der Waals surface area contributed by atoms with E-state index in [4.69, 9.17) is 18.9 Å². The van der Waals surface area contributed by atoms with Gasteiger partial charge in [0.25, 0.3) is 0 Å². The first-order valence-corrected chi connectivity index (χ1v) is 8.35. The monoisotopic (exact) mass is 334 g/mol. The van der Waals surface area contributed by atoms with Gasteiger partial charge in [-0.05, 0) is 0 Å². The lowest BCUT2D eigenvalue weighted by Crippen LogP contribution is -2.12. The smallest absolute Gasteiger partial charge is 0.163 e. The minimum Gasteiger partial charge on any atom is -0.350 e. The molecular formula is C18H22O6. The van der Waals surface area contributed by atoms with Gasteiger partial charge in [-0.15, -0.1) is 0 Å². The zero-order valence-electron chi connectivity index (χ0n) is 13.6. The SMILES string of the molecule is O=C(CCC1OCCO1)c1ccc(C(=O)CCC2OCCO2)cc1. The minimum absolute atomic E-state index is 0.0286. The number of carbonyl (C=O) groups is 2. The van der Waals surface area contributed by atoms with Gasteiger partial charge in [0.05, 0.1) is 26.4 Å². The van der Waals surface area contributed by atoms with Crippen LogP contribution in [0.4, 0.5) is 0 Å². The second-order valence-electron chi connectivity index (χ2n) is 5.84. The summed E-state index contributed by atoms with van der Waals surface area (Å²) in [5.74, 6) is 0.0571. The Bertz CT molecular complexity index is 504. The minimum atomic E-state index is -0.269. The molecule has 0 N–H and O–H groups in total. The molecule has 6 heteroatoms. The zero-order valence-corrected chi connectivity index (χ0v) is 13.6. The molecule has 24 heavy (non-hydrogen) atoms. The Labute approximate surface area is 141 Å². The molecule has 0 unspecified atom stereocenters. The fraction of sp³-hybridized carbons (Fsp3) is 0.556. The summed E-state index contributed by atoms with van der Waals surface area (Å²) in [6, 6.07) is 6.81. The van der Waals surface area contributed by atoms with E-state index in [1.807, 2.05) is 0 Å². The van der Waals surface area contributed by atoms with E-state index in [0.717, 1.165) is 0 Å². The lowest BCUT2D eigenvalue weighted by atomic mass is 10.0. The summed E-state index contributed by atoms with van der Waals surface area (Å²) >= 11 is 0. The van der Waals surface area contributed by atoms with Crippen molar-refractivity contribution < 1.29 is 28.5 Å². The fourth-order valence-corrected chi connectivity index (χ4v) is 2.78. The van der Waals surface area contributed by atoms with E-state index in [9.17, 15) is 9.59 Å².